The van der Waals surface area contributed by atoms with Gasteiger partial charge in [-0.2, -0.15) is 0 Å². The predicted octanol–water partition coefficient (Wildman–Crippen LogP) is 3.03. The van der Waals surface area contributed by atoms with Crippen LogP contribution in [0.1, 0.15) is 29.0 Å². The van der Waals surface area contributed by atoms with Crippen molar-refractivity contribution in [2.24, 2.45) is 16.8 Å². The molecule has 2 aromatic carbocycles. The van der Waals surface area contributed by atoms with Gasteiger partial charge in [0.05, 0.1) is 14.2 Å². The molecule has 0 amide bonds. The number of rotatable bonds is 7. The average molecular weight is 435 g/mol. The summed E-state index contributed by atoms with van der Waals surface area (Å²) in [5, 5.41) is 7.24. The molecule has 6 nitrogen and oxygen atoms in total. The summed E-state index contributed by atoms with van der Waals surface area (Å²) in [5.41, 5.74) is 4.35. The summed E-state index contributed by atoms with van der Waals surface area (Å²) in [7, 11) is 5.26. The van der Waals surface area contributed by atoms with Crippen LogP contribution in [-0.2, 0) is 13.0 Å². The van der Waals surface area contributed by atoms with Gasteiger partial charge in [-0.25, -0.2) is 0 Å². The molecule has 5 rings (SSSR count). The molecular weight excluding hydrogens is 400 g/mol. The van der Waals surface area contributed by atoms with Crippen molar-refractivity contribution in [1.29, 1.82) is 0 Å². The van der Waals surface area contributed by atoms with Gasteiger partial charge in [0.1, 0.15) is 11.5 Å². The fraction of sp³-hybridized carbons (Fsp3) is 0.500. The Bertz CT molecular complexity index is 969. The third kappa shape index (κ3) is 4.29. The van der Waals surface area contributed by atoms with Gasteiger partial charge in [-0.15, -0.1) is 0 Å². The third-order valence-electron chi connectivity index (χ3n) is 7.36. The fourth-order valence-corrected chi connectivity index (χ4v) is 5.67. The van der Waals surface area contributed by atoms with E-state index in [1.54, 1.807) is 25.3 Å². The Morgan fingerprint density at radius 3 is 2.66 bits per heavy atom. The van der Waals surface area contributed by atoms with Gasteiger partial charge in [0.2, 0.25) is 0 Å². The molecule has 1 aliphatic heterocycles. The molecule has 0 radical (unpaired) electrons. The number of methoxy groups -OCH3 is 2. The highest BCUT2D eigenvalue weighted by Crippen LogP contribution is 2.60. The Kier molecular flexibility index (Phi) is 5.96. The lowest BCUT2D eigenvalue weighted by Gasteiger charge is -2.20. The molecule has 0 bridgehead atoms. The number of nitrogens with zero attached hydrogens (tertiary/aromatic N) is 2. The normalized spacial score (nSPS) is 26.4. The maximum atomic E-state index is 5.41. The minimum atomic E-state index is 0.410. The Morgan fingerprint density at radius 2 is 1.91 bits per heavy atom. The van der Waals surface area contributed by atoms with Crippen LogP contribution < -0.4 is 20.1 Å². The maximum Gasteiger partial charge on any atom is 0.191 e. The van der Waals surface area contributed by atoms with Crippen molar-refractivity contribution in [2.75, 3.05) is 40.9 Å². The molecule has 2 aliphatic carbocycles. The molecule has 0 aromatic heterocycles. The van der Waals surface area contributed by atoms with Crippen LogP contribution in [0.4, 0.5) is 0 Å². The van der Waals surface area contributed by atoms with E-state index in [4.69, 9.17) is 9.47 Å². The first kappa shape index (κ1) is 21.1. The molecule has 32 heavy (non-hydrogen) atoms. The molecule has 2 aromatic rings. The zero-order chi connectivity index (χ0) is 22.1. The van der Waals surface area contributed by atoms with Gasteiger partial charge in [-0.05, 0) is 59.4 Å². The number of nitrogens with one attached hydrogen (secondary N) is 2. The molecule has 0 spiro atoms. The number of fused-ring (bicyclic) bond motifs is 3. The van der Waals surface area contributed by atoms with Crippen molar-refractivity contribution in [3.05, 3.63) is 59.2 Å². The lowest BCUT2D eigenvalue weighted by Crippen LogP contribution is -2.45. The summed E-state index contributed by atoms with van der Waals surface area (Å²) in [6.45, 7) is 3.96. The quantitative estimate of drug-likeness (QED) is 0.518. The van der Waals surface area contributed by atoms with E-state index < -0.39 is 0 Å². The largest absolute Gasteiger partial charge is 0.497 e. The number of ether oxygens (including phenoxy) is 2. The smallest absolute Gasteiger partial charge is 0.191 e. The molecule has 2 fully saturated rings. The lowest BCUT2D eigenvalue weighted by molar-refractivity contribution is 0.321. The van der Waals surface area contributed by atoms with Crippen LogP contribution in [0.2, 0.25) is 0 Å². The number of hydrogen-bond donors (Lipinski definition) is 2. The second-order valence-electron chi connectivity index (χ2n) is 9.30. The van der Waals surface area contributed by atoms with Gasteiger partial charge in [0.25, 0.3) is 0 Å². The third-order valence-corrected chi connectivity index (χ3v) is 7.36. The standard InChI is InChI=1S/C26H34N4O2/c1-27-26(28-14-24-23-12-18-6-4-5-7-22(18)25(23)24)29-19-8-9-30(16-19)15-17-10-20(31-2)13-21(11-17)32-3/h4-7,10-11,13,19,23-25H,8-9,12,14-16H2,1-3H3,(H2,27,28,29). The van der Waals surface area contributed by atoms with Crippen molar-refractivity contribution in [3.8, 4) is 11.5 Å². The zero-order valence-electron chi connectivity index (χ0n) is 19.3. The second kappa shape index (κ2) is 9.02. The summed E-state index contributed by atoms with van der Waals surface area (Å²) < 4.78 is 10.8. The van der Waals surface area contributed by atoms with E-state index in [-0.39, 0.29) is 0 Å². The van der Waals surface area contributed by atoms with Gasteiger partial charge < -0.3 is 20.1 Å². The molecule has 1 saturated heterocycles. The number of hydrogen-bond acceptors (Lipinski definition) is 4. The lowest BCUT2D eigenvalue weighted by atomic mass is 10.0. The van der Waals surface area contributed by atoms with Crippen LogP contribution in [0.15, 0.2) is 47.5 Å². The van der Waals surface area contributed by atoms with E-state index in [1.807, 2.05) is 13.1 Å². The van der Waals surface area contributed by atoms with Gasteiger partial charge in [0, 0.05) is 45.3 Å². The Hall–Kier alpha value is -2.73. The summed E-state index contributed by atoms with van der Waals surface area (Å²) in [5.74, 6) is 4.92. The van der Waals surface area contributed by atoms with Crippen molar-refractivity contribution in [1.82, 2.24) is 15.5 Å². The van der Waals surface area contributed by atoms with E-state index in [9.17, 15) is 0 Å². The van der Waals surface area contributed by atoms with Crippen LogP contribution in [-0.4, -0.2) is 57.8 Å². The number of likely N-dealkylation sites (tertiary alicyclic amines) is 1. The van der Waals surface area contributed by atoms with Gasteiger partial charge in [-0.3, -0.25) is 9.89 Å². The summed E-state index contributed by atoms with van der Waals surface area (Å²) >= 11 is 0. The average Bonchev–Trinajstić information content (AvgIpc) is 3.12. The zero-order valence-corrected chi connectivity index (χ0v) is 19.3. The Morgan fingerprint density at radius 1 is 1.12 bits per heavy atom. The summed E-state index contributed by atoms with van der Waals surface area (Å²) in [6.07, 6.45) is 2.36. The summed E-state index contributed by atoms with van der Waals surface area (Å²) in [4.78, 5) is 6.96. The molecule has 3 aliphatic rings. The Balaban J connectivity index is 1.10. The maximum absolute atomic E-state index is 5.41. The van der Waals surface area contributed by atoms with E-state index >= 15 is 0 Å². The van der Waals surface area contributed by atoms with Crippen molar-refractivity contribution in [2.45, 2.75) is 31.3 Å². The van der Waals surface area contributed by atoms with Crippen LogP contribution in [0.5, 0.6) is 11.5 Å². The first-order valence-electron chi connectivity index (χ1n) is 11.7. The van der Waals surface area contributed by atoms with E-state index in [2.05, 4.69) is 56.9 Å². The second-order valence-corrected chi connectivity index (χ2v) is 9.30. The molecule has 1 heterocycles. The van der Waals surface area contributed by atoms with Gasteiger partial charge in [0.15, 0.2) is 5.96 Å². The number of benzene rings is 2. The first-order chi connectivity index (χ1) is 15.7. The molecule has 6 heteroatoms. The van der Waals surface area contributed by atoms with E-state index in [0.29, 0.717) is 6.04 Å². The number of aliphatic imine (C=N–C) groups is 1. The van der Waals surface area contributed by atoms with Gasteiger partial charge >= 0.3 is 0 Å². The van der Waals surface area contributed by atoms with E-state index in [0.717, 1.165) is 67.8 Å². The van der Waals surface area contributed by atoms with Crippen LogP contribution in [0.25, 0.3) is 0 Å². The first-order valence-corrected chi connectivity index (χ1v) is 11.7. The molecule has 4 atom stereocenters. The van der Waals surface area contributed by atoms with E-state index in [1.165, 1.54) is 12.0 Å². The van der Waals surface area contributed by atoms with Crippen molar-refractivity contribution >= 4 is 5.96 Å². The molecule has 2 N–H and O–H groups in total. The minimum Gasteiger partial charge on any atom is -0.497 e. The monoisotopic (exact) mass is 434 g/mol. The fourth-order valence-electron chi connectivity index (χ4n) is 5.67. The molecule has 1 saturated carbocycles. The minimum absolute atomic E-state index is 0.410. The topological polar surface area (TPSA) is 58.1 Å². The van der Waals surface area contributed by atoms with Crippen LogP contribution in [0.3, 0.4) is 0 Å². The number of guanidine groups is 1. The van der Waals surface area contributed by atoms with Crippen LogP contribution in [0, 0.1) is 11.8 Å². The molecular formula is C26H34N4O2. The van der Waals surface area contributed by atoms with Crippen LogP contribution >= 0.6 is 0 Å². The Labute approximate surface area is 191 Å². The highest BCUT2D eigenvalue weighted by atomic mass is 16.5. The molecule has 170 valence electrons. The van der Waals surface area contributed by atoms with Crippen molar-refractivity contribution in [3.63, 3.8) is 0 Å². The van der Waals surface area contributed by atoms with Gasteiger partial charge in [-0.1, -0.05) is 24.3 Å². The predicted molar refractivity (Wildman–Crippen MR) is 128 cm³/mol. The van der Waals surface area contributed by atoms with Crippen molar-refractivity contribution < 1.29 is 9.47 Å². The SMILES string of the molecule is CN=C(NCC1C2Cc3ccccc3C12)NC1CCN(Cc2cc(OC)cc(OC)c2)C1. The highest BCUT2D eigenvalue weighted by molar-refractivity contribution is 5.80. The molecule has 4 unspecified atom stereocenters. The highest BCUT2D eigenvalue weighted by Gasteiger charge is 2.54. The summed E-state index contributed by atoms with van der Waals surface area (Å²) in [6, 6.07) is 15.5.